The van der Waals surface area contributed by atoms with Crippen molar-refractivity contribution in [1.82, 2.24) is 15.1 Å². The minimum Gasteiger partial charge on any atom is -0.378 e. The van der Waals surface area contributed by atoms with Crippen LogP contribution in [0.1, 0.15) is 34.1 Å². The maximum absolute atomic E-state index is 12.9. The van der Waals surface area contributed by atoms with Gasteiger partial charge >= 0.3 is 6.03 Å². The number of carbonyl (C=O) groups excluding carboxylic acids is 2. The van der Waals surface area contributed by atoms with E-state index in [1.54, 1.807) is 9.80 Å². The average Bonchev–Trinajstić information content (AvgIpc) is 2.54. The number of hydrogen-bond donors (Lipinski definition) is 2. The summed E-state index contributed by atoms with van der Waals surface area (Å²) < 4.78 is 5.69. The zero-order valence-electron chi connectivity index (χ0n) is 14.7. The normalized spacial score (nSPS) is 29.9. The molecule has 2 unspecified atom stereocenters. The van der Waals surface area contributed by atoms with E-state index in [9.17, 15) is 9.59 Å². The van der Waals surface area contributed by atoms with Gasteiger partial charge in [0.15, 0.2) is 0 Å². The molecule has 2 atom stereocenters. The molecular weight excluding hydrogens is 296 g/mol. The van der Waals surface area contributed by atoms with Crippen molar-refractivity contribution in [1.29, 1.82) is 0 Å². The molecule has 2 fully saturated rings. The van der Waals surface area contributed by atoms with Crippen LogP contribution in [0.4, 0.5) is 4.79 Å². The topological polar surface area (TPSA) is 87.9 Å². The van der Waals surface area contributed by atoms with Crippen LogP contribution in [0.2, 0.25) is 0 Å². The van der Waals surface area contributed by atoms with Crippen molar-refractivity contribution in [2.24, 2.45) is 11.1 Å². The summed E-state index contributed by atoms with van der Waals surface area (Å²) in [7, 11) is 0. The molecule has 1 heterocycles. The number of urea groups is 1. The monoisotopic (exact) mass is 326 g/mol. The number of nitrogens with zero attached hydrogens (tertiary/aromatic N) is 2. The molecule has 0 aromatic carbocycles. The molecule has 1 aliphatic heterocycles. The molecule has 1 saturated carbocycles. The van der Waals surface area contributed by atoms with Crippen molar-refractivity contribution >= 4 is 11.9 Å². The summed E-state index contributed by atoms with van der Waals surface area (Å²) >= 11 is 0. The molecule has 132 valence electrons. The molecule has 3 N–H and O–H groups in total. The first kappa shape index (κ1) is 18.0. The summed E-state index contributed by atoms with van der Waals surface area (Å²) in [5.41, 5.74) is 5.20. The summed E-state index contributed by atoms with van der Waals surface area (Å²) in [6.07, 6.45) is 0.585. The summed E-state index contributed by atoms with van der Waals surface area (Å²) in [6.45, 7) is 11.2. The van der Waals surface area contributed by atoms with Gasteiger partial charge in [0, 0.05) is 51.2 Å². The highest BCUT2D eigenvalue weighted by Crippen LogP contribution is 2.50. The number of carbonyl (C=O) groups is 2. The van der Waals surface area contributed by atoms with E-state index >= 15 is 0 Å². The molecule has 3 amide bonds. The fourth-order valence-corrected chi connectivity index (χ4v) is 3.46. The SMILES string of the molecule is CCNC(=O)N1CCN(C(=O)C2(N)CC(OCC)C2(C)C)CC1. The Morgan fingerprint density at radius 2 is 1.74 bits per heavy atom. The van der Waals surface area contributed by atoms with E-state index in [0.29, 0.717) is 45.8 Å². The van der Waals surface area contributed by atoms with E-state index in [-0.39, 0.29) is 23.5 Å². The Labute approximate surface area is 138 Å². The lowest BCUT2D eigenvalue weighted by Crippen LogP contribution is -2.76. The fourth-order valence-electron chi connectivity index (χ4n) is 3.46. The van der Waals surface area contributed by atoms with Crippen LogP contribution < -0.4 is 11.1 Å². The van der Waals surface area contributed by atoms with E-state index < -0.39 is 5.54 Å². The predicted molar refractivity (Wildman–Crippen MR) is 88.0 cm³/mol. The fraction of sp³-hybridized carbons (Fsp3) is 0.875. The first-order chi connectivity index (χ1) is 10.8. The third-order valence-electron chi connectivity index (χ3n) is 5.39. The van der Waals surface area contributed by atoms with Crippen LogP contribution in [0, 0.1) is 5.41 Å². The minimum absolute atomic E-state index is 0.0194. The van der Waals surface area contributed by atoms with E-state index in [1.807, 2.05) is 27.7 Å². The van der Waals surface area contributed by atoms with Gasteiger partial charge in [0.2, 0.25) is 5.91 Å². The molecular formula is C16H30N4O3. The largest absolute Gasteiger partial charge is 0.378 e. The molecule has 0 aromatic rings. The number of rotatable bonds is 4. The van der Waals surface area contributed by atoms with Gasteiger partial charge in [-0.15, -0.1) is 0 Å². The Balaban J connectivity index is 1.94. The number of ether oxygens (including phenoxy) is 1. The van der Waals surface area contributed by atoms with Crippen LogP contribution in [0.5, 0.6) is 0 Å². The number of hydrogen-bond acceptors (Lipinski definition) is 4. The second-order valence-electron chi connectivity index (χ2n) is 6.96. The molecule has 7 heteroatoms. The molecule has 1 aliphatic carbocycles. The molecule has 1 saturated heterocycles. The molecule has 0 spiro atoms. The van der Waals surface area contributed by atoms with Crippen molar-refractivity contribution < 1.29 is 14.3 Å². The van der Waals surface area contributed by atoms with Crippen molar-refractivity contribution in [3.63, 3.8) is 0 Å². The van der Waals surface area contributed by atoms with Crippen LogP contribution in [-0.4, -0.2) is 72.7 Å². The van der Waals surface area contributed by atoms with Crippen LogP contribution >= 0.6 is 0 Å². The summed E-state index contributed by atoms with van der Waals surface area (Å²) in [6, 6.07) is -0.0672. The molecule has 0 radical (unpaired) electrons. The van der Waals surface area contributed by atoms with Gasteiger partial charge in [-0.3, -0.25) is 4.79 Å². The Hall–Kier alpha value is -1.34. The highest BCUT2D eigenvalue weighted by Gasteiger charge is 2.63. The average molecular weight is 326 g/mol. The third-order valence-corrected chi connectivity index (χ3v) is 5.39. The van der Waals surface area contributed by atoms with E-state index in [2.05, 4.69) is 5.32 Å². The first-order valence-electron chi connectivity index (χ1n) is 8.50. The third kappa shape index (κ3) is 3.04. The first-order valence-corrected chi connectivity index (χ1v) is 8.50. The van der Waals surface area contributed by atoms with Crippen molar-refractivity contribution in [2.75, 3.05) is 39.3 Å². The Morgan fingerprint density at radius 3 is 2.22 bits per heavy atom. The quantitative estimate of drug-likeness (QED) is 0.782. The predicted octanol–water partition coefficient (Wildman–Crippen LogP) is 0.393. The molecule has 23 heavy (non-hydrogen) atoms. The maximum Gasteiger partial charge on any atom is 0.317 e. The molecule has 7 nitrogen and oxygen atoms in total. The van der Waals surface area contributed by atoms with Crippen LogP contribution in [-0.2, 0) is 9.53 Å². The second-order valence-corrected chi connectivity index (χ2v) is 6.96. The van der Waals surface area contributed by atoms with Crippen LogP contribution in [0.15, 0.2) is 0 Å². The molecule has 2 aliphatic rings. The van der Waals surface area contributed by atoms with Gasteiger partial charge in [0.25, 0.3) is 0 Å². The molecule has 0 bridgehead atoms. The number of nitrogens with one attached hydrogen (secondary N) is 1. The number of piperazine rings is 1. The Bertz CT molecular complexity index is 460. The Morgan fingerprint density at radius 1 is 1.17 bits per heavy atom. The van der Waals surface area contributed by atoms with Crippen molar-refractivity contribution in [3.8, 4) is 0 Å². The zero-order valence-corrected chi connectivity index (χ0v) is 14.7. The van der Waals surface area contributed by atoms with E-state index in [1.165, 1.54) is 0 Å². The maximum atomic E-state index is 12.9. The standard InChI is InChI=1S/C16H30N4O3/c1-5-18-14(22)20-9-7-19(8-10-20)13(21)16(17)11-12(23-6-2)15(16,3)4/h12H,5-11,17H2,1-4H3,(H,18,22). The highest BCUT2D eigenvalue weighted by molar-refractivity contribution is 5.89. The number of nitrogens with two attached hydrogens (primary N) is 1. The van der Waals surface area contributed by atoms with E-state index in [0.717, 1.165) is 0 Å². The van der Waals surface area contributed by atoms with Crippen molar-refractivity contribution in [3.05, 3.63) is 0 Å². The zero-order chi connectivity index (χ0) is 17.3. The summed E-state index contributed by atoms with van der Waals surface area (Å²) in [4.78, 5) is 28.3. The van der Waals surface area contributed by atoms with Crippen LogP contribution in [0.25, 0.3) is 0 Å². The van der Waals surface area contributed by atoms with Gasteiger partial charge in [-0.05, 0) is 13.8 Å². The van der Waals surface area contributed by atoms with Gasteiger partial charge in [0.05, 0.1) is 6.10 Å². The van der Waals surface area contributed by atoms with Gasteiger partial charge in [0.1, 0.15) is 5.54 Å². The van der Waals surface area contributed by atoms with E-state index in [4.69, 9.17) is 10.5 Å². The molecule has 2 rings (SSSR count). The smallest absolute Gasteiger partial charge is 0.317 e. The Kier molecular flexibility index (Phi) is 5.20. The van der Waals surface area contributed by atoms with Gasteiger partial charge < -0.3 is 25.6 Å². The lowest BCUT2D eigenvalue weighted by Gasteiger charge is -2.59. The molecule has 0 aromatic heterocycles. The summed E-state index contributed by atoms with van der Waals surface area (Å²) in [5.74, 6) is -0.0194. The highest BCUT2D eigenvalue weighted by atomic mass is 16.5. The minimum atomic E-state index is -0.874. The second kappa shape index (κ2) is 6.65. The van der Waals surface area contributed by atoms with Crippen molar-refractivity contribution in [2.45, 2.75) is 45.8 Å². The lowest BCUT2D eigenvalue weighted by molar-refractivity contribution is -0.180. The van der Waals surface area contributed by atoms with Gasteiger partial charge in [-0.25, -0.2) is 4.79 Å². The van der Waals surface area contributed by atoms with Gasteiger partial charge in [-0.2, -0.15) is 0 Å². The lowest BCUT2D eigenvalue weighted by atomic mass is 9.54. The summed E-state index contributed by atoms with van der Waals surface area (Å²) in [5, 5.41) is 2.79. The van der Waals surface area contributed by atoms with Gasteiger partial charge in [-0.1, -0.05) is 13.8 Å². The van der Waals surface area contributed by atoms with Crippen LogP contribution in [0.3, 0.4) is 0 Å². The number of amides is 3.